The molecular weight excluding hydrogens is 652 g/mol. The van der Waals surface area contributed by atoms with Gasteiger partial charge in [0, 0.05) is 44.6 Å². The molecule has 52 heavy (non-hydrogen) atoms. The quantitative estimate of drug-likeness (QED) is 0.170. The first-order valence-corrected chi connectivity index (χ1v) is 19.5. The molecule has 2 aliphatic heterocycles. The molecule has 1 spiro atoms. The van der Waals surface area contributed by atoms with Crippen molar-refractivity contribution in [3.63, 3.8) is 0 Å². The van der Waals surface area contributed by atoms with E-state index in [2.05, 4.69) is 131 Å². The second-order valence-corrected chi connectivity index (χ2v) is 16.9. The number of para-hydroxylation sites is 3. The summed E-state index contributed by atoms with van der Waals surface area (Å²) in [4.78, 5) is 4.47. The second kappa shape index (κ2) is 9.94. The van der Waals surface area contributed by atoms with Crippen LogP contribution in [0.3, 0.4) is 0 Å². The summed E-state index contributed by atoms with van der Waals surface area (Å²) in [6.07, 6.45) is 3.76. The maximum absolute atomic E-state index is 15.8. The molecule has 3 aliphatic rings. The van der Waals surface area contributed by atoms with Crippen LogP contribution in [0.15, 0.2) is 176 Å². The van der Waals surface area contributed by atoms with Gasteiger partial charge < -0.3 is 9.13 Å². The van der Waals surface area contributed by atoms with Crippen molar-refractivity contribution < 1.29 is 4.57 Å². The third-order valence-corrected chi connectivity index (χ3v) is 15.0. The van der Waals surface area contributed by atoms with E-state index in [0.29, 0.717) is 0 Å². The number of pyridine rings is 1. The van der Waals surface area contributed by atoms with E-state index in [1.54, 1.807) is 0 Å². The Kier molecular flexibility index (Phi) is 5.43. The minimum atomic E-state index is -3.17. The van der Waals surface area contributed by atoms with E-state index in [9.17, 15) is 0 Å². The Morgan fingerprint density at radius 3 is 2.17 bits per heavy atom. The fourth-order valence-electron chi connectivity index (χ4n) is 9.85. The third-order valence-electron chi connectivity index (χ3n) is 11.9. The summed E-state index contributed by atoms with van der Waals surface area (Å²) in [6, 6.07) is 58.8. The number of hydrogen-bond acceptors (Lipinski definition) is 2. The van der Waals surface area contributed by atoms with Crippen molar-refractivity contribution in [3.05, 3.63) is 198 Å². The van der Waals surface area contributed by atoms with Gasteiger partial charge in [-0.1, -0.05) is 127 Å². The summed E-state index contributed by atoms with van der Waals surface area (Å²) in [5.74, 6) is 0. The van der Waals surface area contributed by atoms with Gasteiger partial charge in [0.05, 0.1) is 22.1 Å². The Balaban J connectivity index is 1.27. The molecule has 0 fully saturated rings. The van der Waals surface area contributed by atoms with Crippen LogP contribution in [0, 0.1) is 0 Å². The molecule has 0 radical (unpaired) electrons. The first-order valence-electron chi connectivity index (χ1n) is 17.8. The molecule has 0 saturated carbocycles. The summed E-state index contributed by atoms with van der Waals surface area (Å²) in [5, 5.41) is 5.22. The molecule has 4 heterocycles. The van der Waals surface area contributed by atoms with Gasteiger partial charge >= 0.3 is 0 Å². The van der Waals surface area contributed by atoms with Gasteiger partial charge in [0.15, 0.2) is 7.14 Å². The molecule has 2 unspecified atom stereocenters. The minimum absolute atomic E-state index is 0.609. The highest BCUT2D eigenvalue weighted by atomic mass is 31.2. The highest BCUT2D eigenvalue weighted by Gasteiger charge is 2.52. The highest BCUT2D eigenvalue weighted by molar-refractivity contribution is 7.86. The van der Waals surface area contributed by atoms with E-state index in [0.717, 1.165) is 43.7 Å². The van der Waals surface area contributed by atoms with Gasteiger partial charge in [-0.3, -0.25) is 4.98 Å². The van der Waals surface area contributed by atoms with Crippen molar-refractivity contribution in [2.75, 3.05) is 0 Å². The molecule has 1 aliphatic carbocycles. The Hall–Kier alpha value is -6.28. The molecule has 242 valence electrons. The molecule has 3 nitrogen and oxygen atoms in total. The van der Waals surface area contributed by atoms with Crippen LogP contribution < -0.4 is 15.9 Å². The summed E-state index contributed by atoms with van der Waals surface area (Å²) >= 11 is 0. The standard InChI is InChI=1S/C48H29N2OP/c51-52(32-13-2-1-3-14-32)45-22-9-5-16-34(45)38-27-42-37(28-46(38)52)36-26-30(31-12-11-25-49-29-31)23-24-39(36)48(42)40-18-6-8-21-44(40)50-43-20-7-4-15-33(43)35-17-10-19-41(48)47(35)50/h1-29H. The van der Waals surface area contributed by atoms with Crippen molar-refractivity contribution in [1.82, 2.24) is 9.55 Å². The van der Waals surface area contributed by atoms with Gasteiger partial charge in [-0.05, 0) is 86.5 Å². The van der Waals surface area contributed by atoms with Gasteiger partial charge in [0.25, 0.3) is 0 Å². The first-order chi connectivity index (χ1) is 25.7. The van der Waals surface area contributed by atoms with Crippen LogP contribution in [0.1, 0.15) is 22.3 Å². The number of hydrogen-bond donors (Lipinski definition) is 0. The van der Waals surface area contributed by atoms with Crippen molar-refractivity contribution >= 4 is 44.9 Å². The molecule has 2 atom stereocenters. The molecule has 0 saturated heterocycles. The summed E-state index contributed by atoms with van der Waals surface area (Å²) in [5.41, 5.74) is 14.7. The van der Waals surface area contributed by atoms with Crippen molar-refractivity contribution in [3.8, 4) is 39.1 Å². The summed E-state index contributed by atoms with van der Waals surface area (Å²) in [7, 11) is -3.17. The van der Waals surface area contributed by atoms with Crippen LogP contribution in [0.2, 0.25) is 0 Å². The number of rotatable bonds is 2. The largest absolute Gasteiger partial charge is 0.309 e. The maximum atomic E-state index is 15.8. The van der Waals surface area contributed by atoms with Crippen LogP contribution in [-0.2, 0) is 9.98 Å². The summed E-state index contributed by atoms with van der Waals surface area (Å²) < 4.78 is 18.3. The number of aromatic nitrogens is 2. The zero-order valence-electron chi connectivity index (χ0n) is 28.0. The Labute approximate surface area is 300 Å². The van der Waals surface area contributed by atoms with Crippen molar-refractivity contribution in [1.29, 1.82) is 0 Å². The average molecular weight is 681 g/mol. The summed E-state index contributed by atoms with van der Waals surface area (Å²) in [6.45, 7) is 0. The normalized spacial score (nSPS) is 18.6. The Bertz CT molecular complexity index is 3050. The molecule has 9 aromatic rings. The monoisotopic (exact) mass is 680 g/mol. The van der Waals surface area contributed by atoms with Crippen molar-refractivity contribution in [2.45, 2.75) is 5.41 Å². The zero-order chi connectivity index (χ0) is 34.2. The van der Waals surface area contributed by atoms with Gasteiger partial charge in [-0.25, -0.2) is 0 Å². The van der Waals surface area contributed by atoms with Crippen LogP contribution in [0.4, 0.5) is 0 Å². The molecule has 2 aromatic heterocycles. The van der Waals surface area contributed by atoms with Crippen LogP contribution in [0.5, 0.6) is 0 Å². The van der Waals surface area contributed by atoms with E-state index < -0.39 is 12.6 Å². The lowest BCUT2D eigenvalue weighted by Gasteiger charge is -2.39. The predicted octanol–water partition coefficient (Wildman–Crippen LogP) is 10.1. The molecule has 4 heteroatoms. The Morgan fingerprint density at radius 1 is 0.500 bits per heavy atom. The fourth-order valence-corrected chi connectivity index (χ4v) is 12.9. The minimum Gasteiger partial charge on any atom is -0.309 e. The van der Waals surface area contributed by atoms with E-state index in [1.165, 1.54) is 55.3 Å². The number of fused-ring (bicyclic) bond motifs is 15. The fraction of sp³-hybridized carbons (Fsp3) is 0.0208. The maximum Gasteiger partial charge on any atom is 0.172 e. The van der Waals surface area contributed by atoms with Crippen LogP contribution in [0.25, 0.3) is 60.9 Å². The molecule has 7 aromatic carbocycles. The van der Waals surface area contributed by atoms with Crippen LogP contribution >= 0.6 is 7.14 Å². The van der Waals surface area contributed by atoms with Gasteiger partial charge in [-0.2, -0.15) is 0 Å². The third kappa shape index (κ3) is 3.29. The lowest BCUT2D eigenvalue weighted by Crippen LogP contribution is -2.33. The van der Waals surface area contributed by atoms with Gasteiger partial charge in [0.1, 0.15) is 0 Å². The lowest BCUT2D eigenvalue weighted by molar-refractivity contribution is 0.593. The van der Waals surface area contributed by atoms with E-state index in [-0.39, 0.29) is 0 Å². The lowest BCUT2D eigenvalue weighted by atomic mass is 9.65. The zero-order valence-corrected chi connectivity index (χ0v) is 28.9. The van der Waals surface area contributed by atoms with Crippen LogP contribution in [-0.4, -0.2) is 9.55 Å². The smallest absolute Gasteiger partial charge is 0.172 e. The average Bonchev–Trinajstić information content (AvgIpc) is 3.80. The molecule has 12 rings (SSSR count). The van der Waals surface area contributed by atoms with E-state index in [4.69, 9.17) is 0 Å². The first kappa shape index (κ1) is 28.4. The number of nitrogens with zero attached hydrogens (tertiary/aromatic N) is 2. The van der Waals surface area contributed by atoms with Crippen molar-refractivity contribution in [2.24, 2.45) is 0 Å². The van der Waals surface area contributed by atoms with E-state index >= 15 is 4.57 Å². The predicted molar refractivity (Wildman–Crippen MR) is 213 cm³/mol. The SMILES string of the molecule is O=P1(c2ccccc2)c2ccccc2-c2cc3c(cc21)-c1cc(-c2cccnc2)ccc1C31c2ccccc2-n2c3ccccc3c3cccc1c32. The van der Waals surface area contributed by atoms with Gasteiger partial charge in [-0.15, -0.1) is 0 Å². The van der Waals surface area contributed by atoms with Gasteiger partial charge in [0.2, 0.25) is 0 Å². The number of benzene rings is 7. The highest BCUT2D eigenvalue weighted by Crippen LogP contribution is 2.63. The Morgan fingerprint density at radius 2 is 1.27 bits per heavy atom. The molecule has 0 N–H and O–H groups in total. The molecule has 0 amide bonds. The topological polar surface area (TPSA) is 34.9 Å². The molecular formula is C48H29N2OP. The molecule has 0 bridgehead atoms. The second-order valence-electron chi connectivity index (χ2n) is 14.2. The van der Waals surface area contributed by atoms with E-state index in [1.807, 2.05) is 54.9 Å².